The summed E-state index contributed by atoms with van der Waals surface area (Å²) in [6, 6.07) is 6.48. The predicted octanol–water partition coefficient (Wildman–Crippen LogP) is 6.64. The van der Waals surface area contributed by atoms with E-state index in [1.54, 1.807) is 7.05 Å². The molecule has 35 heavy (non-hydrogen) atoms. The first kappa shape index (κ1) is 27.4. The van der Waals surface area contributed by atoms with Gasteiger partial charge in [-0.3, -0.25) is 0 Å². The van der Waals surface area contributed by atoms with Crippen molar-refractivity contribution in [2.24, 2.45) is 0 Å². The summed E-state index contributed by atoms with van der Waals surface area (Å²) in [5.41, 5.74) is 0.338. The standard InChI is InChI=1S/C25H31ClF2N2O4S/c1-6-21(29-35(32)25(2,3)4)18-10-11-19(26)23(22(18)28)34-17-9-12-20(27)15(13-17)14-33-24(31)30(5)16-7-8-16/h9-13,16,21,29H,6-8,14H2,1-5H3/t21-,35?/m1/s1. The summed E-state index contributed by atoms with van der Waals surface area (Å²) in [5, 5.41) is 0.0291. The minimum absolute atomic E-state index is 0.0291. The molecule has 2 aromatic carbocycles. The zero-order valence-corrected chi connectivity index (χ0v) is 22.1. The Morgan fingerprint density at radius 3 is 2.54 bits per heavy atom. The zero-order chi connectivity index (χ0) is 25.9. The fraction of sp³-hybridized carbons (Fsp3) is 0.480. The highest BCUT2D eigenvalue weighted by molar-refractivity contribution is 7.84. The summed E-state index contributed by atoms with van der Waals surface area (Å²) in [7, 11) is 0.224. The van der Waals surface area contributed by atoms with Gasteiger partial charge >= 0.3 is 6.09 Å². The molecule has 1 unspecified atom stereocenters. The van der Waals surface area contributed by atoms with Crippen molar-refractivity contribution in [2.75, 3.05) is 7.05 Å². The second-order valence-corrected chi connectivity index (χ2v) is 11.9. The number of hydrogen-bond donors (Lipinski definition) is 1. The van der Waals surface area contributed by atoms with Crippen molar-refractivity contribution in [1.29, 1.82) is 0 Å². The fourth-order valence-corrected chi connectivity index (χ4v) is 4.37. The molecule has 3 rings (SSSR count). The lowest BCUT2D eigenvalue weighted by Gasteiger charge is -2.24. The van der Waals surface area contributed by atoms with Crippen LogP contribution in [0.2, 0.25) is 5.02 Å². The molecule has 0 bridgehead atoms. The van der Waals surface area contributed by atoms with Gasteiger partial charge in [0.2, 0.25) is 0 Å². The van der Waals surface area contributed by atoms with Crippen LogP contribution in [0.15, 0.2) is 30.3 Å². The Labute approximate surface area is 212 Å². The van der Waals surface area contributed by atoms with E-state index in [1.807, 2.05) is 27.7 Å². The number of ether oxygens (including phenoxy) is 2. The summed E-state index contributed by atoms with van der Waals surface area (Å²) in [6.45, 7) is 7.02. The van der Waals surface area contributed by atoms with Gasteiger partial charge in [-0.15, -0.1) is 0 Å². The van der Waals surface area contributed by atoms with Crippen LogP contribution in [0.3, 0.4) is 0 Å². The van der Waals surface area contributed by atoms with Crippen molar-refractivity contribution >= 4 is 28.7 Å². The van der Waals surface area contributed by atoms with Gasteiger partial charge in [-0.1, -0.05) is 24.6 Å². The van der Waals surface area contributed by atoms with Crippen molar-refractivity contribution in [3.8, 4) is 11.5 Å². The maximum Gasteiger partial charge on any atom is 0.410 e. The molecule has 1 N–H and O–H groups in total. The van der Waals surface area contributed by atoms with E-state index >= 15 is 4.39 Å². The first-order chi connectivity index (χ1) is 16.4. The van der Waals surface area contributed by atoms with E-state index in [1.165, 1.54) is 29.2 Å². The quantitative estimate of drug-likeness (QED) is 0.396. The molecule has 192 valence electrons. The van der Waals surface area contributed by atoms with Crippen LogP contribution in [0, 0.1) is 11.6 Å². The Morgan fingerprint density at radius 2 is 1.94 bits per heavy atom. The van der Waals surface area contributed by atoms with Crippen LogP contribution >= 0.6 is 11.6 Å². The van der Waals surface area contributed by atoms with Crippen molar-refractivity contribution in [3.63, 3.8) is 0 Å². The minimum atomic E-state index is -1.42. The molecule has 1 aliphatic rings. The number of rotatable bonds is 9. The summed E-state index contributed by atoms with van der Waals surface area (Å²) in [4.78, 5) is 13.6. The second kappa shape index (κ2) is 11.2. The van der Waals surface area contributed by atoms with E-state index in [0.29, 0.717) is 6.42 Å². The molecule has 0 aliphatic heterocycles. The molecule has 2 atom stereocenters. The largest absolute Gasteiger partial charge is 0.453 e. The van der Waals surface area contributed by atoms with Crippen molar-refractivity contribution < 1.29 is 27.3 Å². The highest BCUT2D eigenvalue weighted by atomic mass is 35.5. The lowest BCUT2D eigenvalue weighted by molar-refractivity contribution is 0.101. The topological polar surface area (TPSA) is 67.9 Å². The number of halogens is 3. The van der Waals surface area contributed by atoms with E-state index in [2.05, 4.69) is 4.72 Å². The number of amides is 1. The molecular weight excluding hydrogens is 498 g/mol. The van der Waals surface area contributed by atoms with Gasteiger partial charge in [0.05, 0.1) is 20.8 Å². The van der Waals surface area contributed by atoms with Crippen LogP contribution in [0.4, 0.5) is 13.6 Å². The Bertz CT molecular complexity index is 1110. The monoisotopic (exact) mass is 528 g/mol. The van der Waals surface area contributed by atoms with Gasteiger partial charge in [-0.25, -0.2) is 22.5 Å². The predicted molar refractivity (Wildman–Crippen MR) is 133 cm³/mol. The fourth-order valence-electron chi connectivity index (χ4n) is 3.28. The lowest BCUT2D eigenvalue weighted by Crippen LogP contribution is -2.35. The van der Waals surface area contributed by atoms with Gasteiger partial charge in [0, 0.05) is 30.3 Å². The maximum absolute atomic E-state index is 15.5. The molecule has 6 nitrogen and oxygen atoms in total. The van der Waals surface area contributed by atoms with Crippen LogP contribution < -0.4 is 9.46 Å². The van der Waals surface area contributed by atoms with Gasteiger partial charge in [0.1, 0.15) is 18.2 Å². The molecule has 1 amide bonds. The van der Waals surface area contributed by atoms with Crippen LogP contribution in [-0.2, 0) is 22.3 Å². The molecule has 0 radical (unpaired) electrons. The van der Waals surface area contributed by atoms with Crippen molar-refractivity contribution in [1.82, 2.24) is 9.62 Å². The van der Waals surface area contributed by atoms with Crippen molar-refractivity contribution in [2.45, 2.75) is 70.4 Å². The van der Waals surface area contributed by atoms with Gasteiger partial charge in [-0.05, 0) is 64.3 Å². The third kappa shape index (κ3) is 6.92. The van der Waals surface area contributed by atoms with E-state index in [-0.39, 0.29) is 40.3 Å². The number of carbonyl (C=O) groups excluding carboxylic acids is 1. The molecule has 2 aromatic rings. The first-order valence-corrected chi connectivity index (χ1v) is 13.0. The lowest BCUT2D eigenvalue weighted by atomic mass is 10.0. The molecule has 0 heterocycles. The summed E-state index contributed by atoms with van der Waals surface area (Å²) in [5.74, 6) is -1.38. The summed E-state index contributed by atoms with van der Waals surface area (Å²) in [6.07, 6.45) is 1.79. The Kier molecular flexibility index (Phi) is 8.77. The second-order valence-electron chi connectivity index (χ2n) is 9.49. The summed E-state index contributed by atoms with van der Waals surface area (Å²) >= 11 is 6.23. The number of nitrogens with one attached hydrogen (secondary N) is 1. The molecule has 0 aromatic heterocycles. The van der Waals surface area contributed by atoms with Gasteiger partial charge in [-0.2, -0.15) is 0 Å². The van der Waals surface area contributed by atoms with Crippen LogP contribution in [-0.4, -0.2) is 33.0 Å². The van der Waals surface area contributed by atoms with Gasteiger partial charge in [0.15, 0.2) is 11.6 Å². The molecule has 0 spiro atoms. The third-order valence-electron chi connectivity index (χ3n) is 5.64. The molecule has 1 saturated carbocycles. The average Bonchev–Trinajstić information content (AvgIpc) is 3.64. The van der Waals surface area contributed by atoms with E-state index in [4.69, 9.17) is 21.1 Å². The zero-order valence-electron chi connectivity index (χ0n) is 20.5. The molecule has 0 saturated heterocycles. The van der Waals surface area contributed by atoms with E-state index < -0.39 is 39.5 Å². The van der Waals surface area contributed by atoms with E-state index in [9.17, 15) is 13.4 Å². The normalized spacial score (nSPS) is 15.4. The minimum Gasteiger partial charge on any atom is -0.453 e. The Hall–Kier alpha value is -2.23. The first-order valence-electron chi connectivity index (χ1n) is 11.4. The summed E-state index contributed by atoms with van der Waals surface area (Å²) < 4.78 is 55.8. The smallest absolute Gasteiger partial charge is 0.410 e. The molecular formula is C25H31ClF2N2O4S. The Morgan fingerprint density at radius 1 is 1.26 bits per heavy atom. The highest BCUT2D eigenvalue weighted by Gasteiger charge is 2.30. The number of benzene rings is 2. The SMILES string of the molecule is CC[C@@H](NS(=O)C(C)(C)C)c1ccc(Cl)c(Oc2ccc(F)c(COC(=O)N(C)C3CC3)c2)c1F. The maximum atomic E-state index is 15.5. The van der Waals surface area contributed by atoms with Crippen LogP contribution in [0.5, 0.6) is 11.5 Å². The average molecular weight is 529 g/mol. The Balaban J connectivity index is 1.80. The van der Waals surface area contributed by atoms with Gasteiger partial charge in [0.25, 0.3) is 0 Å². The number of carbonyl (C=O) groups is 1. The van der Waals surface area contributed by atoms with Gasteiger partial charge < -0.3 is 14.4 Å². The molecule has 1 aliphatic carbocycles. The van der Waals surface area contributed by atoms with Crippen molar-refractivity contribution in [3.05, 3.63) is 58.1 Å². The van der Waals surface area contributed by atoms with E-state index in [0.717, 1.165) is 18.9 Å². The molecule has 10 heteroatoms. The van der Waals surface area contributed by atoms with Crippen LogP contribution in [0.1, 0.15) is 64.1 Å². The third-order valence-corrected chi connectivity index (χ3v) is 7.55. The number of nitrogens with zero attached hydrogens (tertiary/aromatic N) is 1. The van der Waals surface area contributed by atoms with Crippen LogP contribution in [0.25, 0.3) is 0 Å². The molecule has 1 fully saturated rings. The number of hydrogen-bond acceptors (Lipinski definition) is 4. The highest BCUT2D eigenvalue weighted by Crippen LogP contribution is 2.37.